The van der Waals surface area contributed by atoms with Crippen molar-refractivity contribution in [3.8, 4) is 0 Å². The first-order valence-electron chi connectivity index (χ1n) is 6.12. The van der Waals surface area contributed by atoms with Crippen LogP contribution < -0.4 is 10.6 Å². The van der Waals surface area contributed by atoms with E-state index in [4.69, 9.17) is 5.73 Å². The molecule has 1 aliphatic rings. The lowest BCUT2D eigenvalue weighted by atomic mass is 10.3. The molecule has 2 rings (SSSR count). The Hall–Kier alpha value is -1.06. The molecule has 0 bridgehead atoms. The molecule has 3 heteroatoms. The van der Waals surface area contributed by atoms with Crippen molar-refractivity contribution in [1.82, 2.24) is 4.90 Å². The molecule has 1 fully saturated rings. The fraction of sp³-hybridized carbons (Fsp3) is 0.538. The Bertz CT molecular complexity index is 299. The summed E-state index contributed by atoms with van der Waals surface area (Å²) >= 11 is 0. The number of nitrogens with zero attached hydrogens (tertiary/aromatic N) is 2. The highest BCUT2D eigenvalue weighted by Gasteiger charge is 2.13. The van der Waals surface area contributed by atoms with E-state index in [0.29, 0.717) is 0 Å². The third-order valence-corrected chi connectivity index (χ3v) is 3.16. The molecule has 1 heterocycles. The zero-order chi connectivity index (χ0) is 11.2. The minimum Gasteiger partial charge on any atom is -0.370 e. The molecule has 0 atom stereocenters. The lowest BCUT2D eigenvalue weighted by Gasteiger charge is -2.23. The van der Waals surface area contributed by atoms with Crippen molar-refractivity contribution in [2.24, 2.45) is 5.73 Å². The van der Waals surface area contributed by atoms with Gasteiger partial charge >= 0.3 is 0 Å². The van der Waals surface area contributed by atoms with E-state index in [1.807, 2.05) is 0 Å². The van der Waals surface area contributed by atoms with E-state index >= 15 is 0 Å². The minimum atomic E-state index is 0.769. The predicted octanol–water partition coefficient (Wildman–Crippen LogP) is 1.16. The molecule has 0 spiro atoms. The Morgan fingerprint density at radius 2 is 1.81 bits per heavy atom. The van der Waals surface area contributed by atoms with Gasteiger partial charge < -0.3 is 15.5 Å². The first kappa shape index (κ1) is 11.4. The van der Waals surface area contributed by atoms with E-state index < -0.39 is 0 Å². The zero-order valence-electron chi connectivity index (χ0n) is 9.81. The van der Waals surface area contributed by atoms with Gasteiger partial charge in [0.25, 0.3) is 0 Å². The molecule has 1 aliphatic heterocycles. The van der Waals surface area contributed by atoms with Gasteiger partial charge in [0.1, 0.15) is 0 Å². The van der Waals surface area contributed by atoms with Crippen LogP contribution in [0.15, 0.2) is 30.3 Å². The lowest BCUT2D eigenvalue weighted by Crippen LogP contribution is -2.33. The van der Waals surface area contributed by atoms with E-state index in [-0.39, 0.29) is 0 Å². The highest BCUT2D eigenvalue weighted by molar-refractivity contribution is 5.46. The van der Waals surface area contributed by atoms with Gasteiger partial charge in [0.2, 0.25) is 0 Å². The number of hydrogen-bond acceptors (Lipinski definition) is 3. The van der Waals surface area contributed by atoms with E-state index in [1.165, 1.54) is 18.7 Å². The normalized spacial score (nSPS) is 18.4. The summed E-state index contributed by atoms with van der Waals surface area (Å²) in [6.45, 7) is 6.38. The first-order valence-corrected chi connectivity index (χ1v) is 6.12. The summed E-state index contributed by atoms with van der Waals surface area (Å²) in [4.78, 5) is 4.93. The van der Waals surface area contributed by atoms with Crippen LogP contribution in [0, 0.1) is 0 Å². The quantitative estimate of drug-likeness (QED) is 0.828. The van der Waals surface area contributed by atoms with Gasteiger partial charge in [-0.15, -0.1) is 0 Å². The Kier molecular flexibility index (Phi) is 4.19. The maximum Gasteiger partial charge on any atom is 0.0366 e. The molecule has 0 unspecified atom stereocenters. The van der Waals surface area contributed by atoms with Crippen molar-refractivity contribution >= 4 is 5.69 Å². The van der Waals surface area contributed by atoms with Crippen LogP contribution in [0.1, 0.15) is 6.42 Å². The molecule has 0 saturated carbocycles. The highest BCUT2D eigenvalue weighted by atomic mass is 15.2. The SMILES string of the molecule is NCCN1CCCN(c2ccccc2)CC1. The fourth-order valence-electron chi connectivity index (χ4n) is 2.27. The van der Waals surface area contributed by atoms with Gasteiger partial charge in [0, 0.05) is 38.4 Å². The molecule has 0 amide bonds. The van der Waals surface area contributed by atoms with Crippen LogP contribution in [0.3, 0.4) is 0 Å². The molecular formula is C13H21N3. The molecule has 1 aromatic rings. The summed E-state index contributed by atoms with van der Waals surface area (Å²) in [5.74, 6) is 0. The summed E-state index contributed by atoms with van der Waals surface area (Å²) in [6.07, 6.45) is 1.23. The van der Waals surface area contributed by atoms with Gasteiger partial charge in [-0.2, -0.15) is 0 Å². The molecule has 1 saturated heterocycles. The Morgan fingerprint density at radius 3 is 2.56 bits per heavy atom. The van der Waals surface area contributed by atoms with Gasteiger partial charge in [-0.25, -0.2) is 0 Å². The number of benzene rings is 1. The summed E-state index contributed by atoms with van der Waals surface area (Å²) in [5, 5.41) is 0. The number of nitrogens with two attached hydrogens (primary N) is 1. The van der Waals surface area contributed by atoms with E-state index in [9.17, 15) is 0 Å². The van der Waals surface area contributed by atoms with Crippen molar-refractivity contribution in [2.75, 3.05) is 44.2 Å². The lowest BCUT2D eigenvalue weighted by molar-refractivity contribution is 0.302. The molecule has 0 aliphatic carbocycles. The first-order chi connectivity index (χ1) is 7.90. The average Bonchev–Trinajstić information content (AvgIpc) is 2.57. The predicted molar refractivity (Wildman–Crippen MR) is 68.8 cm³/mol. The van der Waals surface area contributed by atoms with Gasteiger partial charge in [0.15, 0.2) is 0 Å². The van der Waals surface area contributed by atoms with E-state index in [0.717, 1.165) is 32.7 Å². The third kappa shape index (κ3) is 2.97. The van der Waals surface area contributed by atoms with Crippen LogP contribution >= 0.6 is 0 Å². The van der Waals surface area contributed by atoms with E-state index in [2.05, 4.69) is 40.1 Å². The van der Waals surface area contributed by atoms with Crippen LogP contribution in [-0.4, -0.2) is 44.2 Å². The molecular weight excluding hydrogens is 198 g/mol. The minimum absolute atomic E-state index is 0.769. The van der Waals surface area contributed by atoms with Crippen molar-refractivity contribution < 1.29 is 0 Å². The van der Waals surface area contributed by atoms with Gasteiger partial charge in [-0.3, -0.25) is 0 Å². The summed E-state index contributed by atoms with van der Waals surface area (Å²) in [7, 11) is 0. The molecule has 0 aromatic heterocycles. The molecule has 16 heavy (non-hydrogen) atoms. The fourth-order valence-corrected chi connectivity index (χ4v) is 2.27. The zero-order valence-corrected chi connectivity index (χ0v) is 9.81. The Labute approximate surface area is 97.8 Å². The Balaban J connectivity index is 1.94. The summed E-state index contributed by atoms with van der Waals surface area (Å²) in [5.41, 5.74) is 6.95. The largest absolute Gasteiger partial charge is 0.370 e. The van der Waals surface area contributed by atoms with E-state index in [1.54, 1.807) is 0 Å². The smallest absolute Gasteiger partial charge is 0.0366 e. The van der Waals surface area contributed by atoms with Crippen LogP contribution in [0.2, 0.25) is 0 Å². The van der Waals surface area contributed by atoms with Crippen molar-refractivity contribution in [3.05, 3.63) is 30.3 Å². The van der Waals surface area contributed by atoms with Crippen molar-refractivity contribution in [1.29, 1.82) is 0 Å². The average molecular weight is 219 g/mol. The van der Waals surface area contributed by atoms with Crippen molar-refractivity contribution in [3.63, 3.8) is 0 Å². The third-order valence-electron chi connectivity index (χ3n) is 3.16. The standard InChI is InChI=1S/C13H21N3/c14-7-10-15-8-4-9-16(12-11-15)13-5-2-1-3-6-13/h1-3,5-6H,4,7-12,14H2. The maximum atomic E-state index is 5.60. The maximum absolute atomic E-state index is 5.60. The topological polar surface area (TPSA) is 32.5 Å². The van der Waals surface area contributed by atoms with Crippen LogP contribution in [-0.2, 0) is 0 Å². The van der Waals surface area contributed by atoms with Crippen LogP contribution in [0.5, 0.6) is 0 Å². The molecule has 88 valence electrons. The highest BCUT2D eigenvalue weighted by Crippen LogP contribution is 2.15. The molecule has 0 radical (unpaired) electrons. The number of rotatable bonds is 3. The second-order valence-electron chi connectivity index (χ2n) is 4.31. The summed E-state index contributed by atoms with van der Waals surface area (Å²) < 4.78 is 0. The van der Waals surface area contributed by atoms with Gasteiger partial charge in [0.05, 0.1) is 0 Å². The number of hydrogen-bond donors (Lipinski definition) is 1. The molecule has 2 N–H and O–H groups in total. The number of anilines is 1. The molecule has 3 nitrogen and oxygen atoms in total. The number of para-hydroxylation sites is 1. The molecule has 1 aromatic carbocycles. The van der Waals surface area contributed by atoms with Gasteiger partial charge in [-0.1, -0.05) is 18.2 Å². The summed E-state index contributed by atoms with van der Waals surface area (Å²) in [6, 6.07) is 10.7. The van der Waals surface area contributed by atoms with Gasteiger partial charge in [-0.05, 0) is 25.1 Å². The van der Waals surface area contributed by atoms with Crippen molar-refractivity contribution in [2.45, 2.75) is 6.42 Å². The van der Waals surface area contributed by atoms with Crippen LogP contribution in [0.25, 0.3) is 0 Å². The second kappa shape index (κ2) is 5.87. The Morgan fingerprint density at radius 1 is 1.00 bits per heavy atom. The second-order valence-corrected chi connectivity index (χ2v) is 4.31. The van der Waals surface area contributed by atoms with Crippen LogP contribution in [0.4, 0.5) is 5.69 Å². The monoisotopic (exact) mass is 219 g/mol.